The highest BCUT2D eigenvalue weighted by Gasteiger charge is 2.22. The fourth-order valence-electron chi connectivity index (χ4n) is 3.43. The van der Waals surface area contributed by atoms with Crippen LogP contribution in [0, 0.1) is 11.7 Å². The van der Waals surface area contributed by atoms with Gasteiger partial charge in [-0.3, -0.25) is 9.48 Å². The second kappa shape index (κ2) is 8.69. The second-order valence-corrected chi connectivity index (χ2v) is 8.37. The van der Waals surface area contributed by atoms with Crippen LogP contribution in [0.5, 0.6) is 0 Å². The van der Waals surface area contributed by atoms with Gasteiger partial charge in [0.1, 0.15) is 10.8 Å². The third kappa shape index (κ3) is 4.97. The van der Waals surface area contributed by atoms with Crippen LogP contribution in [0.3, 0.4) is 0 Å². The summed E-state index contributed by atoms with van der Waals surface area (Å²) in [6, 6.07) is 6.49. The summed E-state index contributed by atoms with van der Waals surface area (Å²) in [4.78, 5) is 14.4. The zero-order valence-electron chi connectivity index (χ0n) is 16.2. The third-order valence-electron chi connectivity index (χ3n) is 5.13. The van der Waals surface area contributed by atoms with Crippen LogP contribution in [0.25, 0.3) is 0 Å². The summed E-state index contributed by atoms with van der Waals surface area (Å²) in [5.74, 6) is 0.153. The molecule has 1 saturated heterocycles. The molecule has 0 radical (unpaired) electrons. The van der Waals surface area contributed by atoms with Crippen LogP contribution in [0.4, 0.5) is 9.52 Å². The maximum absolute atomic E-state index is 13.0. The Labute approximate surface area is 172 Å². The number of aromatic nitrogens is 4. The molecule has 4 rings (SSSR count). The molecule has 29 heavy (non-hydrogen) atoms. The number of hydrogen-bond donors (Lipinski definition) is 1. The molecule has 7 nitrogen and oxygen atoms in total. The number of halogens is 1. The lowest BCUT2D eigenvalue weighted by molar-refractivity contribution is 0.0945. The first-order chi connectivity index (χ1) is 14.1. The number of amides is 1. The van der Waals surface area contributed by atoms with E-state index in [-0.39, 0.29) is 11.7 Å². The normalized spacial score (nSPS) is 14.9. The molecule has 9 heteroatoms. The first kappa shape index (κ1) is 19.5. The maximum atomic E-state index is 13.0. The van der Waals surface area contributed by atoms with Crippen molar-refractivity contribution in [1.29, 1.82) is 0 Å². The molecule has 1 aliphatic heterocycles. The fourth-order valence-corrected chi connectivity index (χ4v) is 4.35. The molecule has 0 bridgehead atoms. The molecule has 2 aromatic heterocycles. The Hall–Kier alpha value is -2.81. The highest BCUT2D eigenvalue weighted by molar-refractivity contribution is 7.15. The van der Waals surface area contributed by atoms with Gasteiger partial charge in [-0.25, -0.2) is 4.39 Å². The minimum Gasteiger partial charge on any atom is -0.352 e. The third-order valence-corrected chi connectivity index (χ3v) is 6.11. The van der Waals surface area contributed by atoms with Crippen LogP contribution in [0.15, 0.2) is 36.7 Å². The zero-order chi connectivity index (χ0) is 20.2. The van der Waals surface area contributed by atoms with Crippen LogP contribution in [-0.4, -0.2) is 45.5 Å². The van der Waals surface area contributed by atoms with E-state index in [2.05, 4.69) is 25.5 Å². The predicted molar refractivity (Wildman–Crippen MR) is 110 cm³/mol. The monoisotopic (exact) mass is 414 g/mol. The van der Waals surface area contributed by atoms with E-state index in [1.54, 1.807) is 47.6 Å². The first-order valence-electron chi connectivity index (χ1n) is 9.65. The number of nitrogens with one attached hydrogen (secondary N) is 1. The Balaban J connectivity index is 1.25. The molecule has 0 saturated carbocycles. The topological polar surface area (TPSA) is 75.9 Å². The Morgan fingerprint density at radius 1 is 1.24 bits per heavy atom. The summed E-state index contributed by atoms with van der Waals surface area (Å²) in [5, 5.41) is 17.5. The summed E-state index contributed by atoms with van der Waals surface area (Å²) < 4.78 is 14.7. The zero-order valence-corrected chi connectivity index (χ0v) is 17.0. The summed E-state index contributed by atoms with van der Waals surface area (Å²) in [5.41, 5.74) is 1.62. The van der Waals surface area contributed by atoms with Crippen molar-refractivity contribution in [2.24, 2.45) is 13.0 Å². The summed E-state index contributed by atoms with van der Waals surface area (Å²) in [6.45, 7) is 2.48. The highest BCUT2D eigenvalue weighted by atomic mass is 32.1. The number of nitrogens with zero attached hydrogens (tertiary/aromatic N) is 5. The number of piperidine rings is 1. The van der Waals surface area contributed by atoms with Crippen molar-refractivity contribution in [3.63, 3.8) is 0 Å². The van der Waals surface area contributed by atoms with Gasteiger partial charge in [0.25, 0.3) is 5.91 Å². The van der Waals surface area contributed by atoms with Crippen molar-refractivity contribution < 1.29 is 9.18 Å². The summed E-state index contributed by atoms with van der Waals surface area (Å²) >= 11 is 1.59. The lowest BCUT2D eigenvalue weighted by Crippen LogP contribution is -2.38. The van der Waals surface area contributed by atoms with Crippen molar-refractivity contribution in [3.8, 4) is 0 Å². The predicted octanol–water partition coefficient (Wildman–Crippen LogP) is 2.65. The van der Waals surface area contributed by atoms with Crippen molar-refractivity contribution in [1.82, 2.24) is 25.3 Å². The van der Waals surface area contributed by atoms with E-state index in [4.69, 9.17) is 0 Å². The van der Waals surface area contributed by atoms with E-state index in [1.165, 1.54) is 12.1 Å². The van der Waals surface area contributed by atoms with E-state index in [1.807, 2.05) is 0 Å². The molecule has 152 valence electrons. The summed E-state index contributed by atoms with van der Waals surface area (Å²) in [7, 11) is 1.80. The molecule has 1 aliphatic rings. The minimum absolute atomic E-state index is 0.0740. The minimum atomic E-state index is -0.230. The number of rotatable bonds is 6. The number of carbonyl (C=O) groups excluding carboxylic acids is 1. The molecule has 3 heterocycles. The van der Waals surface area contributed by atoms with E-state index in [0.717, 1.165) is 41.6 Å². The van der Waals surface area contributed by atoms with Gasteiger partial charge in [-0.05, 0) is 36.5 Å². The lowest BCUT2D eigenvalue weighted by atomic mass is 9.97. The van der Waals surface area contributed by atoms with Gasteiger partial charge in [0.2, 0.25) is 5.13 Å². The second-order valence-electron chi connectivity index (χ2n) is 7.32. The van der Waals surface area contributed by atoms with Gasteiger partial charge in [0.05, 0.1) is 11.8 Å². The smallest absolute Gasteiger partial charge is 0.254 e. The Kier molecular flexibility index (Phi) is 5.84. The van der Waals surface area contributed by atoms with Crippen LogP contribution in [0.1, 0.15) is 33.8 Å². The van der Waals surface area contributed by atoms with E-state index >= 15 is 0 Å². The molecule has 0 spiro atoms. The molecular weight excluding hydrogens is 391 g/mol. The Bertz CT molecular complexity index is 962. The number of aryl methyl sites for hydroxylation is 1. The van der Waals surface area contributed by atoms with Gasteiger partial charge in [-0.2, -0.15) is 5.10 Å². The van der Waals surface area contributed by atoms with Crippen molar-refractivity contribution in [3.05, 3.63) is 58.6 Å². The molecule has 1 fully saturated rings. The maximum Gasteiger partial charge on any atom is 0.254 e. The first-order valence-corrected chi connectivity index (χ1v) is 10.5. The van der Waals surface area contributed by atoms with Gasteiger partial charge in [-0.15, -0.1) is 10.2 Å². The van der Waals surface area contributed by atoms with Crippen LogP contribution in [0.2, 0.25) is 0 Å². The van der Waals surface area contributed by atoms with E-state index in [0.29, 0.717) is 24.4 Å². The lowest BCUT2D eigenvalue weighted by Gasteiger charge is -2.31. The molecule has 3 aromatic rings. The van der Waals surface area contributed by atoms with Gasteiger partial charge in [-0.1, -0.05) is 23.5 Å². The quantitative estimate of drug-likeness (QED) is 0.671. The molecular formula is C20H23FN6OS. The van der Waals surface area contributed by atoms with Gasteiger partial charge >= 0.3 is 0 Å². The molecule has 1 N–H and O–H groups in total. The van der Waals surface area contributed by atoms with E-state index in [9.17, 15) is 9.18 Å². The number of hydrogen-bond acceptors (Lipinski definition) is 6. The average molecular weight is 415 g/mol. The number of anilines is 1. The molecule has 1 aromatic carbocycles. The fraction of sp³-hybridized carbons (Fsp3) is 0.400. The Morgan fingerprint density at radius 3 is 2.69 bits per heavy atom. The van der Waals surface area contributed by atoms with Crippen LogP contribution >= 0.6 is 11.3 Å². The molecule has 0 atom stereocenters. The standard InChI is InChI=1S/C20H23FN6OS/c1-26-13-16(12-23-26)19(28)22-11-15-6-8-27(9-7-15)20-25-24-18(29-20)10-14-2-4-17(21)5-3-14/h2-5,12-13,15H,6-11H2,1H3,(H,22,28). The van der Waals surface area contributed by atoms with Crippen LogP contribution < -0.4 is 10.2 Å². The average Bonchev–Trinajstić information content (AvgIpc) is 3.37. The van der Waals surface area contributed by atoms with Crippen molar-refractivity contribution in [2.75, 3.05) is 24.5 Å². The molecule has 0 unspecified atom stereocenters. The van der Waals surface area contributed by atoms with Crippen molar-refractivity contribution >= 4 is 22.4 Å². The van der Waals surface area contributed by atoms with Gasteiger partial charge in [0.15, 0.2) is 0 Å². The largest absolute Gasteiger partial charge is 0.352 e. The highest BCUT2D eigenvalue weighted by Crippen LogP contribution is 2.27. The number of benzene rings is 1. The van der Waals surface area contributed by atoms with Gasteiger partial charge < -0.3 is 10.2 Å². The Morgan fingerprint density at radius 2 is 2.00 bits per heavy atom. The molecule has 0 aliphatic carbocycles. The van der Waals surface area contributed by atoms with Crippen LogP contribution in [-0.2, 0) is 13.5 Å². The van der Waals surface area contributed by atoms with E-state index < -0.39 is 0 Å². The summed E-state index contributed by atoms with van der Waals surface area (Å²) in [6.07, 6.45) is 5.96. The van der Waals surface area contributed by atoms with Crippen molar-refractivity contribution in [2.45, 2.75) is 19.3 Å². The SMILES string of the molecule is Cn1cc(C(=O)NCC2CCN(c3nnc(Cc4ccc(F)cc4)s3)CC2)cn1. The van der Waals surface area contributed by atoms with Gasteiger partial charge in [0, 0.05) is 39.3 Å². The number of carbonyl (C=O) groups is 1. The molecule has 1 amide bonds.